The number of esters is 2. The first-order chi connectivity index (χ1) is 40.6. The van der Waals surface area contributed by atoms with Crippen molar-refractivity contribution in [1.82, 2.24) is 20.1 Å². The lowest BCUT2D eigenvalue weighted by molar-refractivity contribution is -0.146. The third kappa shape index (κ3) is 25.9. The van der Waals surface area contributed by atoms with Gasteiger partial charge in [0, 0.05) is 43.7 Å². The summed E-state index contributed by atoms with van der Waals surface area (Å²) in [5.74, 6) is -5.28. The topological polar surface area (TPSA) is 317 Å². The highest BCUT2D eigenvalue weighted by atomic mass is 32.2. The predicted molar refractivity (Wildman–Crippen MR) is 300 cm³/mol. The van der Waals surface area contributed by atoms with E-state index in [4.69, 9.17) is 47.4 Å². The minimum atomic E-state index is -3.96. The van der Waals surface area contributed by atoms with Crippen LogP contribution < -0.4 is 29.6 Å². The maximum Gasteiger partial charge on any atom is 0.333 e. The van der Waals surface area contributed by atoms with Gasteiger partial charge in [0.05, 0.1) is 102 Å². The number of halogens is 3. The van der Waals surface area contributed by atoms with E-state index in [1.54, 1.807) is 26.8 Å². The Kier molecular flexibility index (Phi) is 31.5. The quantitative estimate of drug-likeness (QED) is 0.0268. The van der Waals surface area contributed by atoms with Gasteiger partial charge in [0.2, 0.25) is 20.0 Å². The number of hydrogen-bond donors (Lipinski definition) is 6. The Hall–Kier alpha value is -6.61. The van der Waals surface area contributed by atoms with E-state index >= 15 is 0 Å². The molecule has 3 unspecified atom stereocenters. The molecule has 0 bridgehead atoms. The van der Waals surface area contributed by atoms with Gasteiger partial charge in [-0.2, -0.15) is 0 Å². The number of carbonyl (C=O) groups is 4. The Morgan fingerprint density at radius 1 is 0.576 bits per heavy atom. The summed E-state index contributed by atoms with van der Waals surface area (Å²) in [7, 11) is -7.86. The van der Waals surface area contributed by atoms with E-state index in [1.165, 1.54) is 79.7 Å². The van der Waals surface area contributed by atoms with Crippen LogP contribution in [0.25, 0.3) is 6.08 Å². The first-order valence-electron chi connectivity index (χ1n) is 26.8. The van der Waals surface area contributed by atoms with E-state index in [2.05, 4.69) is 20.1 Å². The molecule has 0 aromatic heterocycles. The second-order valence-electron chi connectivity index (χ2n) is 18.0. The highest BCUT2D eigenvalue weighted by Crippen LogP contribution is 2.32. The molecule has 4 rings (SSSR count). The number of benzene rings is 3. The van der Waals surface area contributed by atoms with E-state index in [-0.39, 0.29) is 163 Å². The highest BCUT2D eigenvalue weighted by molar-refractivity contribution is 7.89. The minimum absolute atomic E-state index is 0.00392. The number of hydrogen-bond acceptors (Lipinski definition) is 20. The van der Waals surface area contributed by atoms with Gasteiger partial charge in [-0.3, -0.25) is 9.59 Å². The molecule has 3 aromatic carbocycles. The lowest BCUT2D eigenvalue weighted by atomic mass is 9.99. The third-order valence-corrected chi connectivity index (χ3v) is 14.4. The van der Waals surface area contributed by atoms with Crippen LogP contribution in [0.1, 0.15) is 39.7 Å². The molecule has 29 heteroatoms. The smallest absolute Gasteiger partial charge is 0.333 e. The van der Waals surface area contributed by atoms with E-state index in [9.17, 15) is 59.4 Å². The van der Waals surface area contributed by atoms with Crippen LogP contribution in [0.5, 0.6) is 17.2 Å². The van der Waals surface area contributed by atoms with E-state index < -0.39 is 79.6 Å². The molecule has 2 amide bonds. The van der Waals surface area contributed by atoms with Crippen molar-refractivity contribution >= 4 is 49.9 Å². The monoisotopic (exact) mass is 1240 g/mol. The maximum absolute atomic E-state index is 14.9. The fourth-order valence-corrected chi connectivity index (χ4v) is 9.17. The van der Waals surface area contributed by atoms with Crippen LogP contribution in [-0.4, -0.2) is 188 Å². The van der Waals surface area contributed by atoms with Gasteiger partial charge in [0.25, 0.3) is 11.8 Å². The summed E-state index contributed by atoms with van der Waals surface area (Å²) in [5.41, 5.74) is 1.14. The second-order valence-corrected chi connectivity index (χ2v) is 21.5. The molecule has 0 aliphatic heterocycles. The van der Waals surface area contributed by atoms with Gasteiger partial charge < -0.3 is 68.2 Å². The molecule has 0 fully saturated rings. The van der Waals surface area contributed by atoms with E-state index in [0.717, 1.165) is 6.08 Å². The number of aliphatic hydroxyl groups excluding tert-OH is 2. The number of allylic oxidation sites excluding steroid dienone is 5. The molecule has 24 nitrogen and oxygen atoms in total. The van der Waals surface area contributed by atoms with Crippen molar-refractivity contribution in [2.75, 3.05) is 119 Å². The summed E-state index contributed by atoms with van der Waals surface area (Å²) < 4.78 is 153. The molecule has 1 aliphatic carbocycles. The Bertz CT molecular complexity index is 2980. The number of ether oxygens (including phenoxy) is 10. The van der Waals surface area contributed by atoms with Gasteiger partial charge in [-0.1, -0.05) is 6.07 Å². The predicted octanol–water partition coefficient (Wildman–Crippen LogP) is 3.63. The zero-order valence-corrected chi connectivity index (χ0v) is 49.1. The second kappa shape index (κ2) is 37.7. The number of carbonyl (C=O) groups excluding carboxylic acids is 4. The summed E-state index contributed by atoms with van der Waals surface area (Å²) in [6.45, 7) is 7.79. The Labute approximate surface area is 491 Å². The molecule has 1 aliphatic rings. The zero-order valence-electron chi connectivity index (χ0n) is 47.4. The largest absolute Gasteiger partial charge is 0.463 e. The highest BCUT2D eigenvalue weighted by Gasteiger charge is 2.30. The van der Waals surface area contributed by atoms with Gasteiger partial charge >= 0.3 is 11.9 Å². The number of sulfonamides is 2. The Balaban J connectivity index is 0.937. The summed E-state index contributed by atoms with van der Waals surface area (Å²) in [4.78, 5) is 48.0. The molecule has 470 valence electrons. The van der Waals surface area contributed by atoms with Crippen LogP contribution in [0.2, 0.25) is 0 Å². The first-order valence-corrected chi connectivity index (χ1v) is 29.8. The third-order valence-electron chi connectivity index (χ3n) is 11.4. The molecule has 3 atom stereocenters. The molecule has 0 saturated carbocycles. The van der Waals surface area contributed by atoms with Crippen LogP contribution >= 0.6 is 0 Å². The molecule has 0 radical (unpaired) electrons. The SMILES string of the molecule is CCOC(=O)/C(C)=C/C1=CC(F)=C(Oc2ccc(S(=O)(=O)NCCOCCOCCOCCNC(=O)C(O)C(O)C(=O)NCCOCCOCCOCCNS(=O)(=O)c3ccc(Oc4ccc(/C=C(\C)C(=O)OCC)cc4F)cc3)cc2)C(F)C1. The van der Waals surface area contributed by atoms with Gasteiger partial charge in [0.15, 0.2) is 41.5 Å². The number of alkyl halides is 1. The number of rotatable bonds is 41. The fourth-order valence-electron chi connectivity index (χ4n) is 7.14. The van der Waals surface area contributed by atoms with Gasteiger partial charge in [-0.05, 0) is 118 Å². The van der Waals surface area contributed by atoms with Crippen LogP contribution in [0, 0.1) is 5.82 Å². The first kappa shape index (κ1) is 70.9. The molecular weight excluding hydrogens is 1170 g/mol. The summed E-state index contributed by atoms with van der Waals surface area (Å²) in [6, 6.07) is 14.4. The van der Waals surface area contributed by atoms with E-state index in [1.807, 2.05) is 0 Å². The molecule has 6 N–H and O–H groups in total. The molecular formula is C56H73F3N4O20S2. The average molecular weight is 1240 g/mol. The lowest BCUT2D eigenvalue weighted by Gasteiger charge is -2.19. The fraction of sp³-hybridized carbons (Fsp3) is 0.464. The van der Waals surface area contributed by atoms with Crippen molar-refractivity contribution in [2.24, 2.45) is 0 Å². The van der Waals surface area contributed by atoms with Crippen LogP contribution in [0.15, 0.2) is 117 Å². The van der Waals surface area contributed by atoms with Gasteiger partial charge in [-0.25, -0.2) is 49.0 Å². The maximum atomic E-state index is 14.9. The van der Waals surface area contributed by atoms with Crippen molar-refractivity contribution in [1.29, 1.82) is 0 Å². The zero-order chi connectivity index (χ0) is 62.2. The minimum Gasteiger partial charge on any atom is -0.463 e. The molecule has 85 heavy (non-hydrogen) atoms. The lowest BCUT2D eigenvalue weighted by Crippen LogP contribution is -2.50. The average Bonchev–Trinajstić information content (AvgIpc) is 3.65. The van der Waals surface area contributed by atoms with Crippen molar-refractivity contribution in [3.8, 4) is 17.2 Å². The van der Waals surface area contributed by atoms with Crippen molar-refractivity contribution in [2.45, 2.75) is 62.3 Å². The van der Waals surface area contributed by atoms with Gasteiger partial charge in [-0.15, -0.1) is 0 Å². The van der Waals surface area contributed by atoms with Crippen LogP contribution in [0.4, 0.5) is 13.2 Å². The van der Waals surface area contributed by atoms with Crippen LogP contribution in [0.3, 0.4) is 0 Å². The Morgan fingerprint density at radius 2 is 0.976 bits per heavy atom. The summed E-state index contributed by atoms with van der Waals surface area (Å²) in [5, 5.41) is 24.9. The Morgan fingerprint density at radius 3 is 1.39 bits per heavy atom. The molecule has 0 spiro atoms. The molecule has 0 saturated heterocycles. The number of amides is 2. The molecule has 3 aromatic rings. The number of nitrogens with one attached hydrogen (secondary N) is 4. The molecule has 0 heterocycles. The normalized spacial score (nSPS) is 14.7. The summed E-state index contributed by atoms with van der Waals surface area (Å²) >= 11 is 0. The van der Waals surface area contributed by atoms with Crippen molar-refractivity contribution in [3.05, 3.63) is 119 Å². The van der Waals surface area contributed by atoms with Crippen LogP contribution in [-0.2, 0) is 77.1 Å². The summed E-state index contributed by atoms with van der Waals surface area (Å²) in [6.07, 6.45) is -2.36. The van der Waals surface area contributed by atoms with E-state index in [0.29, 0.717) is 11.1 Å². The number of aliphatic hydroxyl groups is 2. The van der Waals surface area contributed by atoms with Gasteiger partial charge in [0.1, 0.15) is 11.5 Å². The van der Waals surface area contributed by atoms with Crippen molar-refractivity contribution < 1.29 is 107 Å². The standard InChI is InChI=1S/C56H73F3N4O20S2/c1-5-80-55(68)38(3)33-40-7-16-49(46(57)35-40)82-42-8-12-44(13-9-42)84(70,71)62-19-23-76-27-31-78-29-25-74-21-17-60-53(66)50(64)51(65)54(67)61-18-22-75-26-30-79-32-28-77-24-20-63-85(72,73)45-14-10-43(11-15-45)83-52-47(58)36-41(37-48(52)59)34-39(4)56(69)81-6-2/h7-16,33-36,48,50-51,62-65H,5-6,17-32,37H2,1-4H3,(H,60,66)(H,61,67)/b38-33+,39-34+. The van der Waals surface area contributed by atoms with Crippen molar-refractivity contribution in [3.63, 3.8) is 0 Å².